The summed E-state index contributed by atoms with van der Waals surface area (Å²) in [5.41, 5.74) is 0. The smallest absolute Gasteiger partial charge is 0.310 e. The molecular formula is C30H50O4. The molecule has 5 fully saturated rings. The lowest BCUT2D eigenvalue weighted by Gasteiger charge is -2.47. The summed E-state index contributed by atoms with van der Waals surface area (Å²) in [7, 11) is 0. The normalized spacial score (nSPS) is 42.6. The molecule has 0 spiro atoms. The van der Waals surface area contributed by atoms with Gasteiger partial charge in [0, 0.05) is 0 Å². The average Bonchev–Trinajstić information content (AvgIpc) is 2.78. The molecule has 0 N–H and O–H groups in total. The predicted octanol–water partition coefficient (Wildman–Crippen LogP) is 7.05. The van der Waals surface area contributed by atoms with Gasteiger partial charge in [0.1, 0.15) is 12.2 Å². The molecule has 4 heteroatoms. The van der Waals surface area contributed by atoms with Gasteiger partial charge in [-0.15, -0.1) is 0 Å². The van der Waals surface area contributed by atoms with Crippen molar-refractivity contribution < 1.29 is 19.1 Å². The molecule has 0 saturated heterocycles. The Bertz CT molecular complexity index is 647. The van der Waals surface area contributed by atoms with E-state index in [1.54, 1.807) is 0 Å². The molecule has 0 aromatic heterocycles. The summed E-state index contributed by atoms with van der Waals surface area (Å²) in [5.74, 6) is 2.83. The Morgan fingerprint density at radius 1 is 0.588 bits per heavy atom. The number of carbonyl (C=O) groups excluding carboxylic acids is 2. The Labute approximate surface area is 208 Å². The maximum atomic E-state index is 13.7. The first-order valence-corrected chi connectivity index (χ1v) is 14.6. The van der Waals surface area contributed by atoms with Gasteiger partial charge in [-0.3, -0.25) is 9.59 Å². The minimum atomic E-state index is -0.302. The maximum absolute atomic E-state index is 13.7. The van der Waals surface area contributed by atoms with E-state index >= 15 is 0 Å². The zero-order valence-corrected chi connectivity index (χ0v) is 22.6. The summed E-state index contributed by atoms with van der Waals surface area (Å²) >= 11 is 0. The van der Waals surface area contributed by atoms with Crippen molar-refractivity contribution in [2.45, 2.75) is 118 Å². The van der Waals surface area contributed by atoms with Crippen molar-refractivity contribution in [1.82, 2.24) is 0 Å². The third-order valence-electron chi connectivity index (χ3n) is 10.2. The number of hydrogen-bond donors (Lipinski definition) is 0. The van der Waals surface area contributed by atoms with E-state index in [4.69, 9.17) is 9.47 Å². The van der Waals surface area contributed by atoms with Gasteiger partial charge >= 0.3 is 11.9 Å². The second-order valence-corrected chi connectivity index (χ2v) is 13.3. The number of ether oxygens (including phenoxy) is 2. The second kappa shape index (κ2) is 10.9. The van der Waals surface area contributed by atoms with E-state index < -0.39 is 0 Å². The Morgan fingerprint density at radius 2 is 0.941 bits per heavy atom. The molecule has 8 atom stereocenters. The standard InChI is InChI=1S/C30H50O4/c1-17(2)23-13-7-19(5)15-25(23)33-29(31)27-21-9-11-22(12-10-21)28(27)30(32)34-26-16-20(6)8-14-24(26)18(3)4/h17-28H,7-16H2,1-6H3/t19-,20-,21?,22?,23+,24+,25-,26-,27+,28+/m1/s1. The fourth-order valence-corrected chi connectivity index (χ4v) is 8.08. The highest BCUT2D eigenvalue weighted by Gasteiger charge is 2.53. The van der Waals surface area contributed by atoms with E-state index in [-0.39, 0.29) is 47.8 Å². The minimum absolute atomic E-state index is 0.00195. The van der Waals surface area contributed by atoms with Crippen molar-refractivity contribution in [2.75, 3.05) is 0 Å². The van der Waals surface area contributed by atoms with E-state index in [0.717, 1.165) is 51.4 Å². The van der Waals surface area contributed by atoms with Crippen LogP contribution < -0.4 is 0 Å². The molecule has 0 amide bonds. The molecule has 4 nitrogen and oxygen atoms in total. The fourth-order valence-electron chi connectivity index (χ4n) is 8.08. The second-order valence-electron chi connectivity index (χ2n) is 13.3. The van der Waals surface area contributed by atoms with E-state index in [0.29, 0.717) is 35.5 Å². The summed E-state index contributed by atoms with van der Waals surface area (Å²) in [6, 6.07) is 0. The minimum Gasteiger partial charge on any atom is -0.462 e. The lowest BCUT2D eigenvalue weighted by molar-refractivity contribution is -0.185. The molecule has 0 radical (unpaired) electrons. The van der Waals surface area contributed by atoms with Crippen molar-refractivity contribution in [2.24, 2.45) is 59.2 Å². The van der Waals surface area contributed by atoms with Gasteiger partial charge in [0.25, 0.3) is 0 Å². The van der Waals surface area contributed by atoms with Crippen LogP contribution in [0, 0.1) is 59.2 Å². The first kappa shape index (κ1) is 26.0. The van der Waals surface area contributed by atoms with E-state index in [1.807, 2.05) is 0 Å². The Balaban J connectivity index is 1.49. The van der Waals surface area contributed by atoms with E-state index in [1.165, 1.54) is 12.8 Å². The monoisotopic (exact) mass is 474 g/mol. The summed E-state index contributed by atoms with van der Waals surface area (Å²) in [6.45, 7) is 13.6. The molecule has 0 unspecified atom stereocenters. The quantitative estimate of drug-likeness (QED) is 0.387. The Hall–Kier alpha value is -1.06. The first-order chi connectivity index (χ1) is 16.2. The fraction of sp³-hybridized carbons (Fsp3) is 0.933. The van der Waals surface area contributed by atoms with Gasteiger partial charge in [0.2, 0.25) is 0 Å². The molecule has 5 aliphatic rings. The van der Waals surface area contributed by atoms with Crippen LogP contribution in [0.5, 0.6) is 0 Å². The molecule has 5 rings (SSSR count). The summed E-state index contributed by atoms with van der Waals surface area (Å²) in [5, 5.41) is 0. The van der Waals surface area contributed by atoms with Gasteiger partial charge in [0.05, 0.1) is 11.8 Å². The summed E-state index contributed by atoms with van der Waals surface area (Å²) in [6.07, 6.45) is 10.8. The molecule has 0 aliphatic heterocycles. The number of rotatable bonds is 6. The first-order valence-electron chi connectivity index (χ1n) is 14.6. The zero-order chi connectivity index (χ0) is 24.6. The summed E-state index contributed by atoms with van der Waals surface area (Å²) < 4.78 is 12.7. The van der Waals surface area contributed by atoms with Crippen molar-refractivity contribution in [3.8, 4) is 0 Å². The SMILES string of the molecule is CC(C)[C@@H]1CC[C@@H](C)C[C@H]1OC(=O)[C@H]1C2CCC(CC2)[C@@H]1C(=O)O[C@@H]1C[C@H](C)CC[C@H]1C(C)C. The van der Waals surface area contributed by atoms with Gasteiger partial charge in [0.15, 0.2) is 0 Å². The maximum Gasteiger partial charge on any atom is 0.310 e. The van der Waals surface area contributed by atoms with Gasteiger partial charge in [-0.25, -0.2) is 0 Å². The molecule has 194 valence electrons. The van der Waals surface area contributed by atoms with E-state index in [2.05, 4.69) is 41.5 Å². The Morgan fingerprint density at radius 3 is 1.26 bits per heavy atom. The molecule has 34 heavy (non-hydrogen) atoms. The van der Waals surface area contributed by atoms with Crippen LogP contribution in [0.3, 0.4) is 0 Å². The summed E-state index contributed by atoms with van der Waals surface area (Å²) in [4.78, 5) is 27.5. The number of hydrogen-bond acceptors (Lipinski definition) is 4. The van der Waals surface area contributed by atoms with Crippen molar-refractivity contribution >= 4 is 11.9 Å². The number of fused-ring (bicyclic) bond motifs is 3. The van der Waals surface area contributed by atoms with Crippen LogP contribution in [0.2, 0.25) is 0 Å². The molecule has 0 aromatic rings. The van der Waals surface area contributed by atoms with E-state index in [9.17, 15) is 9.59 Å². The average molecular weight is 475 g/mol. The predicted molar refractivity (Wildman–Crippen MR) is 135 cm³/mol. The van der Waals surface area contributed by atoms with Gasteiger partial charge in [-0.1, -0.05) is 54.4 Å². The molecule has 2 bridgehead atoms. The Kier molecular flexibility index (Phi) is 8.35. The molecule has 0 aromatic carbocycles. The van der Waals surface area contributed by atoms with Crippen molar-refractivity contribution in [3.63, 3.8) is 0 Å². The van der Waals surface area contributed by atoms with Crippen LogP contribution in [0.1, 0.15) is 106 Å². The van der Waals surface area contributed by atoms with Crippen LogP contribution in [0.4, 0.5) is 0 Å². The van der Waals surface area contributed by atoms with Crippen molar-refractivity contribution in [3.05, 3.63) is 0 Å². The highest BCUT2D eigenvalue weighted by Crippen LogP contribution is 2.51. The molecule has 5 saturated carbocycles. The number of esters is 2. The molecular weight excluding hydrogens is 424 g/mol. The van der Waals surface area contributed by atoms with Gasteiger partial charge in [-0.2, -0.15) is 0 Å². The highest BCUT2D eigenvalue weighted by atomic mass is 16.6. The highest BCUT2D eigenvalue weighted by molar-refractivity contribution is 5.83. The zero-order valence-electron chi connectivity index (χ0n) is 22.6. The largest absolute Gasteiger partial charge is 0.462 e. The third kappa shape index (κ3) is 5.51. The van der Waals surface area contributed by atoms with Gasteiger partial charge in [-0.05, 0) is 98.7 Å². The molecule has 5 aliphatic carbocycles. The van der Waals surface area contributed by atoms with Crippen molar-refractivity contribution in [1.29, 1.82) is 0 Å². The van der Waals surface area contributed by atoms with Crippen LogP contribution in [0.15, 0.2) is 0 Å². The lowest BCUT2D eigenvalue weighted by Crippen LogP contribution is -2.51. The van der Waals surface area contributed by atoms with Crippen LogP contribution in [-0.4, -0.2) is 24.1 Å². The number of carbonyl (C=O) groups is 2. The topological polar surface area (TPSA) is 52.6 Å². The van der Waals surface area contributed by atoms with Crippen LogP contribution >= 0.6 is 0 Å². The third-order valence-corrected chi connectivity index (χ3v) is 10.2. The van der Waals surface area contributed by atoms with Crippen LogP contribution in [0.25, 0.3) is 0 Å². The van der Waals surface area contributed by atoms with Crippen LogP contribution in [-0.2, 0) is 19.1 Å². The van der Waals surface area contributed by atoms with Gasteiger partial charge < -0.3 is 9.47 Å². The molecule has 0 heterocycles. The lowest BCUT2D eigenvalue weighted by atomic mass is 9.58.